The van der Waals surface area contributed by atoms with E-state index in [9.17, 15) is 14.4 Å². The summed E-state index contributed by atoms with van der Waals surface area (Å²) in [5, 5.41) is 8.74. The Morgan fingerprint density at radius 3 is 2.59 bits per heavy atom. The molecule has 17 heavy (non-hydrogen) atoms. The standard InChI is InChI=1S/C11H17NO5/c1-3-11(2,7-9(14)15)17-10(16)12-6-4-5-8(12)13/h3-7H2,1-2H3,(H,14,15). The molecule has 0 aliphatic carbocycles. The molecule has 1 fully saturated rings. The second kappa shape index (κ2) is 5.16. The van der Waals surface area contributed by atoms with E-state index in [1.54, 1.807) is 13.8 Å². The van der Waals surface area contributed by atoms with Gasteiger partial charge in [-0.1, -0.05) is 6.92 Å². The lowest BCUT2D eigenvalue weighted by molar-refractivity contribution is -0.142. The third kappa shape index (κ3) is 3.44. The van der Waals surface area contributed by atoms with E-state index in [1.165, 1.54) is 0 Å². The molecule has 1 heterocycles. The van der Waals surface area contributed by atoms with Crippen molar-refractivity contribution >= 4 is 18.0 Å². The van der Waals surface area contributed by atoms with Crippen LogP contribution in [-0.4, -0.2) is 40.1 Å². The first-order chi connectivity index (χ1) is 7.88. The van der Waals surface area contributed by atoms with Crippen LogP contribution in [0.4, 0.5) is 4.79 Å². The summed E-state index contributed by atoms with van der Waals surface area (Å²) in [6.07, 6.45) is 0.356. The minimum absolute atomic E-state index is 0.260. The molecule has 6 nitrogen and oxygen atoms in total. The van der Waals surface area contributed by atoms with Gasteiger partial charge in [0.15, 0.2) is 0 Å². The summed E-state index contributed by atoms with van der Waals surface area (Å²) < 4.78 is 5.14. The quantitative estimate of drug-likeness (QED) is 0.806. The summed E-state index contributed by atoms with van der Waals surface area (Å²) in [6.45, 7) is 3.64. The van der Waals surface area contributed by atoms with Gasteiger partial charge in [-0.25, -0.2) is 9.69 Å². The Morgan fingerprint density at radius 1 is 1.53 bits per heavy atom. The van der Waals surface area contributed by atoms with Gasteiger partial charge in [-0.15, -0.1) is 0 Å². The van der Waals surface area contributed by atoms with Gasteiger partial charge in [-0.05, 0) is 19.8 Å². The first kappa shape index (κ1) is 13.5. The van der Waals surface area contributed by atoms with Gasteiger partial charge in [0.1, 0.15) is 5.60 Å². The molecule has 1 aliphatic rings. The number of carboxylic acid groups (broad SMARTS) is 1. The van der Waals surface area contributed by atoms with E-state index in [1.807, 2.05) is 0 Å². The van der Waals surface area contributed by atoms with E-state index in [0.717, 1.165) is 4.90 Å². The van der Waals surface area contributed by atoms with Gasteiger partial charge < -0.3 is 9.84 Å². The monoisotopic (exact) mass is 243 g/mol. The second-order valence-corrected chi connectivity index (χ2v) is 4.39. The van der Waals surface area contributed by atoms with Gasteiger partial charge in [0, 0.05) is 13.0 Å². The Hall–Kier alpha value is -1.59. The summed E-state index contributed by atoms with van der Waals surface area (Å²) in [5.41, 5.74) is -1.06. The molecule has 6 heteroatoms. The molecule has 0 bridgehead atoms. The van der Waals surface area contributed by atoms with E-state index >= 15 is 0 Å². The molecule has 1 unspecified atom stereocenters. The minimum Gasteiger partial charge on any atom is -0.481 e. The Bertz CT molecular complexity index is 341. The molecule has 0 aromatic carbocycles. The van der Waals surface area contributed by atoms with Crippen LogP contribution in [0.2, 0.25) is 0 Å². The van der Waals surface area contributed by atoms with Gasteiger partial charge in [0.2, 0.25) is 5.91 Å². The molecule has 1 N–H and O–H groups in total. The highest BCUT2D eigenvalue weighted by Gasteiger charge is 2.35. The maximum atomic E-state index is 11.7. The van der Waals surface area contributed by atoms with Gasteiger partial charge in [0.25, 0.3) is 0 Å². The number of carboxylic acids is 1. The van der Waals surface area contributed by atoms with Crippen LogP contribution < -0.4 is 0 Å². The number of carbonyl (C=O) groups excluding carboxylic acids is 2. The van der Waals surface area contributed by atoms with E-state index < -0.39 is 17.7 Å². The molecule has 2 amide bonds. The lowest BCUT2D eigenvalue weighted by Gasteiger charge is -2.28. The Balaban J connectivity index is 2.64. The molecular weight excluding hydrogens is 226 g/mol. The Kier molecular flexibility index (Phi) is 4.09. The molecule has 1 atom stereocenters. The normalized spacial score (nSPS) is 18.9. The van der Waals surface area contributed by atoms with Crippen molar-refractivity contribution in [2.24, 2.45) is 0 Å². The maximum absolute atomic E-state index is 11.7. The van der Waals surface area contributed by atoms with Crippen LogP contribution in [0, 0.1) is 0 Å². The van der Waals surface area contributed by atoms with E-state index in [0.29, 0.717) is 25.8 Å². The number of imide groups is 1. The zero-order valence-electron chi connectivity index (χ0n) is 10.1. The number of aliphatic carboxylic acids is 1. The first-order valence-corrected chi connectivity index (χ1v) is 5.63. The third-order valence-electron chi connectivity index (χ3n) is 2.90. The SMILES string of the molecule is CCC(C)(CC(=O)O)OC(=O)N1CCCC1=O. The van der Waals surface area contributed by atoms with Gasteiger partial charge in [-0.2, -0.15) is 0 Å². The fourth-order valence-electron chi connectivity index (χ4n) is 1.66. The molecule has 0 radical (unpaired) electrons. The smallest absolute Gasteiger partial charge is 0.417 e. The second-order valence-electron chi connectivity index (χ2n) is 4.39. The summed E-state index contributed by atoms with van der Waals surface area (Å²) in [5.74, 6) is -1.29. The number of nitrogens with zero attached hydrogens (tertiary/aromatic N) is 1. The van der Waals surface area contributed by atoms with E-state index in [4.69, 9.17) is 9.84 Å². The molecule has 96 valence electrons. The van der Waals surface area contributed by atoms with Crippen molar-refractivity contribution in [3.05, 3.63) is 0 Å². The summed E-state index contributed by atoms with van der Waals surface area (Å²) in [4.78, 5) is 34.7. The lowest BCUT2D eigenvalue weighted by atomic mass is 9.99. The van der Waals surface area contributed by atoms with Gasteiger partial charge >= 0.3 is 12.1 Å². The van der Waals surface area contributed by atoms with Crippen LogP contribution in [0.1, 0.15) is 39.5 Å². The number of likely N-dealkylation sites (tertiary alicyclic amines) is 1. The zero-order chi connectivity index (χ0) is 13.1. The lowest BCUT2D eigenvalue weighted by Crippen LogP contribution is -2.41. The molecule has 1 aliphatic heterocycles. The highest BCUT2D eigenvalue weighted by atomic mass is 16.6. The van der Waals surface area contributed by atoms with Crippen molar-refractivity contribution in [3.8, 4) is 0 Å². The van der Waals surface area contributed by atoms with Crippen LogP contribution in [0.3, 0.4) is 0 Å². The predicted molar refractivity (Wildman–Crippen MR) is 58.4 cm³/mol. The number of rotatable bonds is 4. The Morgan fingerprint density at radius 2 is 2.18 bits per heavy atom. The van der Waals surface area contributed by atoms with Crippen LogP contribution in [0.15, 0.2) is 0 Å². The Labute approximate surface area is 99.5 Å². The average molecular weight is 243 g/mol. The van der Waals surface area contributed by atoms with E-state index in [-0.39, 0.29) is 12.3 Å². The number of hydrogen-bond acceptors (Lipinski definition) is 4. The number of carbonyl (C=O) groups is 3. The predicted octanol–water partition coefficient (Wildman–Crippen LogP) is 1.39. The first-order valence-electron chi connectivity index (χ1n) is 5.63. The average Bonchev–Trinajstić information content (AvgIpc) is 2.63. The minimum atomic E-state index is -1.06. The largest absolute Gasteiger partial charge is 0.481 e. The highest BCUT2D eigenvalue weighted by Crippen LogP contribution is 2.22. The maximum Gasteiger partial charge on any atom is 0.417 e. The van der Waals surface area contributed by atoms with E-state index in [2.05, 4.69) is 0 Å². The van der Waals surface area contributed by atoms with Crippen molar-refractivity contribution in [1.29, 1.82) is 0 Å². The van der Waals surface area contributed by atoms with Crippen molar-refractivity contribution in [2.75, 3.05) is 6.54 Å². The topological polar surface area (TPSA) is 83.9 Å². The van der Waals surface area contributed by atoms with Crippen LogP contribution in [0.5, 0.6) is 0 Å². The molecule has 0 aromatic rings. The highest BCUT2D eigenvalue weighted by molar-refractivity contribution is 5.93. The van der Waals surface area contributed by atoms with Crippen molar-refractivity contribution < 1.29 is 24.2 Å². The number of hydrogen-bond donors (Lipinski definition) is 1. The fourth-order valence-corrected chi connectivity index (χ4v) is 1.66. The molecule has 0 saturated carbocycles. The van der Waals surface area contributed by atoms with Crippen LogP contribution in [0.25, 0.3) is 0 Å². The van der Waals surface area contributed by atoms with Crippen LogP contribution in [-0.2, 0) is 14.3 Å². The summed E-state index contributed by atoms with van der Waals surface area (Å²) in [6, 6.07) is 0. The molecule has 0 aromatic heterocycles. The molecule has 1 rings (SSSR count). The third-order valence-corrected chi connectivity index (χ3v) is 2.90. The van der Waals surface area contributed by atoms with Crippen molar-refractivity contribution in [2.45, 2.75) is 45.1 Å². The number of amides is 2. The zero-order valence-corrected chi connectivity index (χ0v) is 10.1. The van der Waals surface area contributed by atoms with Gasteiger partial charge in [0.05, 0.1) is 6.42 Å². The summed E-state index contributed by atoms with van der Waals surface area (Å²) >= 11 is 0. The van der Waals surface area contributed by atoms with Gasteiger partial charge in [-0.3, -0.25) is 9.59 Å². The molecule has 1 saturated heterocycles. The molecular formula is C11H17NO5. The fraction of sp³-hybridized carbons (Fsp3) is 0.727. The summed E-state index contributed by atoms with van der Waals surface area (Å²) in [7, 11) is 0. The number of ether oxygens (including phenoxy) is 1. The van der Waals surface area contributed by atoms with Crippen LogP contribution >= 0.6 is 0 Å². The molecule has 0 spiro atoms. The van der Waals surface area contributed by atoms with Crippen molar-refractivity contribution in [3.63, 3.8) is 0 Å². The van der Waals surface area contributed by atoms with Crippen molar-refractivity contribution in [1.82, 2.24) is 4.90 Å².